The van der Waals surface area contributed by atoms with E-state index < -0.39 is 18.2 Å². The molecule has 3 N–H and O–H groups in total. The predicted octanol–water partition coefficient (Wildman–Crippen LogP) is 1.11. The maximum Gasteiger partial charge on any atom is 0.328 e. The summed E-state index contributed by atoms with van der Waals surface area (Å²) in [5, 5.41) is 23.3. The molecule has 1 fully saturated rings. The standard InChI is InChI=1S/C21H22N6O4/c1-25-17-18(23-20(25)24-22-11-14-8-9-15(28)10-16(14)29)26(2)21(31)27(19(17)30)12-13-6-4-3-5-7-13/h3-11,17-18,28-29H,12H2,1-2H3,(H,23,24)/b22-11+. The van der Waals surface area contributed by atoms with Gasteiger partial charge in [0, 0.05) is 25.7 Å². The zero-order chi connectivity index (χ0) is 22.1. The summed E-state index contributed by atoms with van der Waals surface area (Å²) in [7, 11) is 3.31. The highest BCUT2D eigenvalue weighted by atomic mass is 16.3. The minimum Gasteiger partial charge on any atom is -0.508 e. The van der Waals surface area contributed by atoms with E-state index in [1.165, 1.54) is 34.2 Å². The van der Waals surface area contributed by atoms with Crippen LogP contribution in [-0.2, 0) is 11.3 Å². The molecule has 4 rings (SSSR count). The minimum absolute atomic E-state index is 0.0575. The number of aromatic hydroxyl groups is 2. The highest BCUT2D eigenvalue weighted by Gasteiger charge is 2.51. The van der Waals surface area contributed by atoms with Crippen LogP contribution in [0.2, 0.25) is 0 Å². The number of carbonyl (C=O) groups excluding carboxylic acids is 2. The quantitative estimate of drug-likeness (QED) is 0.501. The van der Waals surface area contributed by atoms with Gasteiger partial charge in [-0.3, -0.25) is 9.69 Å². The number of fused-ring (bicyclic) bond motifs is 1. The number of hydrogen-bond donors (Lipinski definition) is 3. The molecule has 0 aromatic heterocycles. The van der Waals surface area contributed by atoms with Crippen molar-refractivity contribution in [3.63, 3.8) is 0 Å². The lowest BCUT2D eigenvalue weighted by Gasteiger charge is -2.40. The number of nitrogens with zero attached hydrogens (tertiary/aromatic N) is 5. The summed E-state index contributed by atoms with van der Waals surface area (Å²) in [4.78, 5) is 34.7. The molecular weight excluding hydrogens is 400 g/mol. The fourth-order valence-electron chi connectivity index (χ4n) is 3.59. The van der Waals surface area contributed by atoms with Gasteiger partial charge in [0.15, 0.2) is 12.2 Å². The van der Waals surface area contributed by atoms with Gasteiger partial charge in [0.25, 0.3) is 5.91 Å². The molecule has 2 heterocycles. The van der Waals surface area contributed by atoms with Gasteiger partial charge in [-0.1, -0.05) is 30.3 Å². The van der Waals surface area contributed by atoms with Gasteiger partial charge in [0.2, 0.25) is 5.96 Å². The second-order valence-electron chi connectivity index (χ2n) is 7.34. The first-order chi connectivity index (χ1) is 14.9. The van der Waals surface area contributed by atoms with Crippen LogP contribution < -0.4 is 5.43 Å². The van der Waals surface area contributed by atoms with Crippen molar-refractivity contribution in [3.8, 4) is 11.5 Å². The summed E-state index contributed by atoms with van der Waals surface area (Å²) in [5.41, 5.74) is 4.01. The van der Waals surface area contributed by atoms with Gasteiger partial charge in [-0.15, -0.1) is 0 Å². The topological polar surface area (TPSA) is 121 Å². The molecule has 0 spiro atoms. The Morgan fingerprint density at radius 3 is 2.55 bits per heavy atom. The van der Waals surface area contributed by atoms with E-state index in [4.69, 9.17) is 0 Å². The Hall–Kier alpha value is -4.08. The van der Waals surface area contributed by atoms with Gasteiger partial charge in [-0.25, -0.2) is 15.2 Å². The first kappa shape index (κ1) is 20.2. The van der Waals surface area contributed by atoms with Crippen LogP contribution in [0.1, 0.15) is 11.1 Å². The second kappa shape index (κ2) is 7.98. The Kier molecular flexibility index (Phi) is 5.20. The van der Waals surface area contributed by atoms with E-state index in [9.17, 15) is 19.8 Å². The third-order valence-corrected chi connectivity index (χ3v) is 5.30. The summed E-state index contributed by atoms with van der Waals surface area (Å²) in [6.07, 6.45) is 0.697. The number of phenols is 2. The molecule has 0 radical (unpaired) electrons. The fraction of sp³-hybridized carbons (Fsp3) is 0.238. The molecule has 0 bridgehead atoms. The number of phenolic OH excluding ortho intramolecular Hbond substituents is 2. The molecule has 2 aromatic rings. The SMILES string of the molecule is CN1C(=O)N(Cc2ccccc2)C(=O)C2C1N=C(N/N=C/c1ccc(O)cc1O)N2C. The van der Waals surface area contributed by atoms with Crippen LogP contribution in [0.3, 0.4) is 0 Å². The van der Waals surface area contributed by atoms with Crippen molar-refractivity contribution < 1.29 is 19.8 Å². The van der Waals surface area contributed by atoms with E-state index in [1.54, 1.807) is 19.0 Å². The number of carbonyl (C=O) groups is 2. The van der Waals surface area contributed by atoms with E-state index in [2.05, 4.69) is 15.5 Å². The molecule has 2 aromatic carbocycles. The van der Waals surface area contributed by atoms with Crippen molar-refractivity contribution in [3.05, 3.63) is 59.7 Å². The van der Waals surface area contributed by atoms with Crippen LogP contribution >= 0.6 is 0 Å². The van der Waals surface area contributed by atoms with E-state index in [0.717, 1.165) is 5.56 Å². The molecule has 0 saturated carbocycles. The third-order valence-electron chi connectivity index (χ3n) is 5.30. The van der Waals surface area contributed by atoms with Gasteiger partial charge < -0.3 is 20.0 Å². The van der Waals surface area contributed by atoms with Gasteiger partial charge in [0.1, 0.15) is 11.5 Å². The number of imide groups is 1. The number of urea groups is 1. The lowest BCUT2D eigenvalue weighted by atomic mass is 10.1. The Balaban J connectivity index is 1.50. The summed E-state index contributed by atoms with van der Waals surface area (Å²) >= 11 is 0. The van der Waals surface area contributed by atoms with Crippen LogP contribution in [0, 0.1) is 0 Å². The number of hydrazone groups is 1. The summed E-state index contributed by atoms with van der Waals surface area (Å²) in [5.74, 6) is -0.199. The summed E-state index contributed by atoms with van der Waals surface area (Å²) in [6.45, 7) is 0.181. The molecule has 31 heavy (non-hydrogen) atoms. The van der Waals surface area contributed by atoms with Crippen LogP contribution in [0.4, 0.5) is 4.79 Å². The lowest BCUT2D eigenvalue weighted by Crippen LogP contribution is -2.64. The fourth-order valence-corrected chi connectivity index (χ4v) is 3.59. The number of nitrogens with one attached hydrogen (secondary N) is 1. The number of guanidine groups is 1. The Morgan fingerprint density at radius 2 is 1.84 bits per heavy atom. The lowest BCUT2D eigenvalue weighted by molar-refractivity contribution is -0.137. The number of aliphatic imine (C=N–C) groups is 1. The minimum atomic E-state index is -0.675. The number of likely N-dealkylation sites (N-methyl/N-ethyl adjacent to an activating group) is 2. The average molecular weight is 422 g/mol. The number of benzene rings is 2. The van der Waals surface area contributed by atoms with Crippen molar-refractivity contribution in [2.24, 2.45) is 10.1 Å². The van der Waals surface area contributed by atoms with E-state index in [-0.39, 0.29) is 24.0 Å². The van der Waals surface area contributed by atoms with E-state index >= 15 is 0 Å². The van der Waals surface area contributed by atoms with E-state index in [0.29, 0.717) is 11.5 Å². The second-order valence-corrected chi connectivity index (χ2v) is 7.34. The van der Waals surface area contributed by atoms with Gasteiger partial charge in [-0.2, -0.15) is 5.10 Å². The molecule has 2 atom stereocenters. The number of hydrogen-bond acceptors (Lipinski definition) is 8. The summed E-state index contributed by atoms with van der Waals surface area (Å²) < 4.78 is 0. The monoisotopic (exact) mass is 422 g/mol. The first-order valence-electron chi connectivity index (χ1n) is 9.60. The Morgan fingerprint density at radius 1 is 1.10 bits per heavy atom. The largest absolute Gasteiger partial charge is 0.508 e. The van der Waals surface area contributed by atoms with Gasteiger partial charge in [0.05, 0.1) is 12.8 Å². The zero-order valence-electron chi connectivity index (χ0n) is 17.0. The van der Waals surface area contributed by atoms with Gasteiger partial charge >= 0.3 is 6.03 Å². The maximum absolute atomic E-state index is 13.1. The molecule has 10 heteroatoms. The molecular formula is C21H22N6O4. The zero-order valence-corrected chi connectivity index (χ0v) is 17.0. The van der Waals surface area contributed by atoms with Gasteiger partial charge in [-0.05, 0) is 17.7 Å². The van der Waals surface area contributed by atoms with Crippen molar-refractivity contribution in [1.29, 1.82) is 0 Å². The normalized spacial score (nSPS) is 21.0. The molecule has 3 amide bonds. The van der Waals surface area contributed by atoms with E-state index in [1.807, 2.05) is 30.3 Å². The maximum atomic E-state index is 13.1. The van der Waals surface area contributed by atoms with Crippen LogP contribution in [0.15, 0.2) is 58.6 Å². The van der Waals surface area contributed by atoms with Crippen molar-refractivity contribution in [2.45, 2.75) is 18.8 Å². The molecule has 2 aliphatic rings. The van der Waals surface area contributed by atoms with Crippen LogP contribution in [0.25, 0.3) is 0 Å². The van der Waals surface area contributed by atoms with Crippen molar-refractivity contribution in [1.82, 2.24) is 20.1 Å². The highest BCUT2D eigenvalue weighted by molar-refractivity contribution is 6.03. The molecule has 2 unspecified atom stereocenters. The average Bonchev–Trinajstić information content (AvgIpc) is 3.08. The highest BCUT2D eigenvalue weighted by Crippen LogP contribution is 2.27. The van der Waals surface area contributed by atoms with Crippen LogP contribution in [0.5, 0.6) is 11.5 Å². The Labute approximate surface area is 178 Å². The Bertz CT molecular complexity index is 1070. The molecule has 2 aliphatic heterocycles. The number of rotatable bonds is 4. The predicted molar refractivity (Wildman–Crippen MR) is 113 cm³/mol. The number of amides is 3. The van der Waals surface area contributed by atoms with Crippen molar-refractivity contribution >= 4 is 24.1 Å². The first-order valence-corrected chi connectivity index (χ1v) is 9.60. The third kappa shape index (κ3) is 3.75. The summed E-state index contributed by atoms with van der Waals surface area (Å²) in [6, 6.07) is 12.4. The molecule has 1 saturated heterocycles. The van der Waals surface area contributed by atoms with Crippen molar-refractivity contribution in [2.75, 3.05) is 14.1 Å². The molecule has 0 aliphatic carbocycles. The smallest absolute Gasteiger partial charge is 0.328 e. The molecule has 160 valence electrons. The van der Waals surface area contributed by atoms with Crippen LogP contribution in [-0.4, -0.2) is 75.3 Å². The molecule has 10 nitrogen and oxygen atoms in total.